The molecular formula is C14H19NO6. The van der Waals surface area contributed by atoms with E-state index in [1.807, 2.05) is 6.92 Å². The molecule has 0 aliphatic heterocycles. The van der Waals surface area contributed by atoms with Crippen molar-refractivity contribution >= 4 is 11.9 Å². The Labute approximate surface area is 122 Å². The van der Waals surface area contributed by atoms with E-state index in [1.165, 1.54) is 0 Å². The molecule has 7 nitrogen and oxygen atoms in total. The third kappa shape index (κ3) is 7.78. The van der Waals surface area contributed by atoms with E-state index in [1.54, 1.807) is 24.3 Å². The predicted octanol–water partition coefficient (Wildman–Crippen LogP) is 0.681. The van der Waals surface area contributed by atoms with E-state index >= 15 is 0 Å². The van der Waals surface area contributed by atoms with Crippen molar-refractivity contribution in [2.75, 3.05) is 33.0 Å². The normalized spacial score (nSPS) is 9.95. The van der Waals surface area contributed by atoms with Gasteiger partial charge in [-0.3, -0.25) is 4.79 Å². The smallest absolute Gasteiger partial charge is 0.329 e. The van der Waals surface area contributed by atoms with Crippen molar-refractivity contribution in [2.45, 2.75) is 6.92 Å². The van der Waals surface area contributed by atoms with E-state index in [0.717, 1.165) is 5.75 Å². The Morgan fingerprint density at radius 1 is 1.10 bits per heavy atom. The first kappa shape index (κ1) is 16.8. The highest BCUT2D eigenvalue weighted by Gasteiger charge is 2.03. The van der Waals surface area contributed by atoms with E-state index in [-0.39, 0.29) is 32.3 Å². The van der Waals surface area contributed by atoms with Gasteiger partial charge in [-0.25, -0.2) is 4.79 Å². The summed E-state index contributed by atoms with van der Waals surface area (Å²) in [4.78, 5) is 21.6. The van der Waals surface area contributed by atoms with Gasteiger partial charge in [-0.05, 0) is 31.2 Å². The summed E-state index contributed by atoms with van der Waals surface area (Å²) in [6.45, 7) is 2.37. The first-order valence-corrected chi connectivity index (χ1v) is 6.53. The van der Waals surface area contributed by atoms with Crippen molar-refractivity contribution in [2.24, 2.45) is 0 Å². The minimum atomic E-state index is -1.04. The van der Waals surface area contributed by atoms with Crippen molar-refractivity contribution in [3.05, 3.63) is 24.3 Å². The Kier molecular flexibility index (Phi) is 7.67. The second kappa shape index (κ2) is 9.60. The summed E-state index contributed by atoms with van der Waals surface area (Å²) >= 11 is 0. The maximum atomic E-state index is 11.5. The number of carbonyl (C=O) groups is 2. The van der Waals surface area contributed by atoms with Gasteiger partial charge in [-0.15, -0.1) is 0 Å². The van der Waals surface area contributed by atoms with Crippen molar-refractivity contribution in [1.82, 2.24) is 5.32 Å². The molecule has 0 aliphatic rings. The minimum absolute atomic E-state index is 0.118. The maximum absolute atomic E-state index is 11.5. The third-order valence-corrected chi connectivity index (χ3v) is 2.30. The number of amides is 1. The Bertz CT molecular complexity index is 445. The van der Waals surface area contributed by atoms with Crippen LogP contribution in [0.3, 0.4) is 0 Å². The Balaban J connectivity index is 2.16. The number of carbonyl (C=O) groups excluding carboxylic acids is 1. The fourth-order valence-electron chi connectivity index (χ4n) is 1.42. The number of hydrogen-bond acceptors (Lipinski definition) is 5. The summed E-state index contributed by atoms with van der Waals surface area (Å²) in [6, 6.07) is 6.95. The summed E-state index contributed by atoms with van der Waals surface area (Å²) in [5, 5.41) is 10.9. The van der Waals surface area contributed by atoms with Crippen LogP contribution in [-0.2, 0) is 14.3 Å². The fraction of sp³-hybridized carbons (Fsp3) is 0.429. The van der Waals surface area contributed by atoms with Crippen LogP contribution >= 0.6 is 0 Å². The molecule has 0 saturated heterocycles. The van der Waals surface area contributed by atoms with Crippen molar-refractivity contribution in [1.29, 1.82) is 0 Å². The number of carboxylic acid groups (broad SMARTS) is 1. The van der Waals surface area contributed by atoms with Gasteiger partial charge in [0.25, 0.3) is 5.91 Å². The summed E-state index contributed by atoms with van der Waals surface area (Å²) in [5.74, 6) is -0.0384. The van der Waals surface area contributed by atoms with Crippen molar-refractivity contribution in [3.8, 4) is 11.5 Å². The Morgan fingerprint density at radius 3 is 2.29 bits per heavy atom. The summed E-state index contributed by atoms with van der Waals surface area (Å²) < 4.78 is 15.4. The van der Waals surface area contributed by atoms with E-state index < -0.39 is 5.97 Å². The van der Waals surface area contributed by atoms with Gasteiger partial charge in [-0.1, -0.05) is 0 Å². The van der Waals surface area contributed by atoms with Crippen LogP contribution in [0.4, 0.5) is 0 Å². The molecule has 0 heterocycles. The number of nitrogens with one attached hydrogen (secondary N) is 1. The van der Waals surface area contributed by atoms with Gasteiger partial charge in [0.1, 0.15) is 18.1 Å². The molecule has 0 aliphatic carbocycles. The third-order valence-electron chi connectivity index (χ3n) is 2.30. The SMILES string of the molecule is CCOc1ccc(OCC(=O)NCCOCC(=O)O)cc1. The highest BCUT2D eigenvalue weighted by Crippen LogP contribution is 2.17. The predicted molar refractivity (Wildman–Crippen MR) is 74.6 cm³/mol. The molecular weight excluding hydrogens is 278 g/mol. The average Bonchev–Trinajstić information content (AvgIpc) is 2.46. The van der Waals surface area contributed by atoms with Crippen LogP contribution in [0.15, 0.2) is 24.3 Å². The lowest BCUT2D eigenvalue weighted by atomic mass is 10.3. The standard InChI is InChI=1S/C14H19NO6/c1-2-20-11-3-5-12(6-4-11)21-9-13(16)15-7-8-19-10-14(17)18/h3-6H,2,7-10H2,1H3,(H,15,16)(H,17,18). The van der Waals surface area contributed by atoms with Crippen LogP contribution < -0.4 is 14.8 Å². The molecule has 21 heavy (non-hydrogen) atoms. The van der Waals surface area contributed by atoms with Gasteiger partial charge in [0.05, 0.1) is 13.2 Å². The molecule has 0 spiro atoms. The number of carboxylic acids is 1. The van der Waals surface area contributed by atoms with Crippen LogP contribution in [0.2, 0.25) is 0 Å². The second-order valence-corrected chi connectivity index (χ2v) is 3.99. The molecule has 116 valence electrons. The average molecular weight is 297 g/mol. The first-order chi connectivity index (χ1) is 10.1. The number of ether oxygens (including phenoxy) is 3. The van der Waals surface area contributed by atoms with Gasteiger partial charge < -0.3 is 24.6 Å². The molecule has 0 radical (unpaired) electrons. The van der Waals surface area contributed by atoms with E-state index in [9.17, 15) is 9.59 Å². The summed E-state index contributed by atoms with van der Waals surface area (Å²) in [7, 11) is 0. The number of aliphatic carboxylic acids is 1. The van der Waals surface area contributed by atoms with Crippen LogP contribution in [0.25, 0.3) is 0 Å². The second-order valence-electron chi connectivity index (χ2n) is 3.99. The van der Waals surface area contributed by atoms with Gasteiger partial charge in [0, 0.05) is 6.54 Å². The van der Waals surface area contributed by atoms with Crippen LogP contribution in [0.1, 0.15) is 6.92 Å². The highest BCUT2D eigenvalue weighted by atomic mass is 16.5. The summed E-state index contributed by atoms with van der Waals surface area (Å²) in [6.07, 6.45) is 0. The van der Waals surface area contributed by atoms with Gasteiger partial charge in [0.15, 0.2) is 6.61 Å². The minimum Gasteiger partial charge on any atom is -0.494 e. The monoisotopic (exact) mass is 297 g/mol. The van der Waals surface area contributed by atoms with Crippen LogP contribution in [0, 0.1) is 0 Å². The zero-order valence-corrected chi connectivity index (χ0v) is 11.8. The maximum Gasteiger partial charge on any atom is 0.329 e. The van der Waals surface area contributed by atoms with Gasteiger partial charge >= 0.3 is 5.97 Å². The Hall–Kier alpha value is -2.28. The molecule has 1 amide bonds. The molecule has 1 rings (SSSR count). The molecule has 7 heteroatoms. The number of rotatable bonds is 10. The quantitative estimate of drug-likeness (QED) is 0.617. The van der Waals surface area contributed by atoms with Crippen molar-refractivity contribution < 1.29 is 28.9 Å². The summed E-state index contributed by atoms with van der Waals surface area (Å²) in [5.41, 5.74) is 0. The molecule has 0 atom stereocenters. The lowest BCUT2D eigenvalue weighted by Crippen LogP contribution is -2.32. The zero-order chi connectivity index (χ0) is 15.5. The molecule has 0 saturated carbocycles. The molecule has 2 N–H and O–H groups in total. The lowest BCUT2D eigenvalue weighted by Gasteiger charge is -2.08. The first-order valence-electron chi connectivity index (χ1n) is 6.53. The van der Waals surface area contributed by atoms with Gasteiger partial charge in [-0.2, -0.15) is 0 Å². The molecule has 0 fully saturated rings. The fourth-order valence-corrected chi connectivity index (χ4v) is 1.42. The largest absolute Gasteiger partial charge is 0.494 e. The van der Waals surface area contributed by atoms with Gasteiger partial charge in [0.2, 0.25) is 0 Å². The highest BCUT2D eigenvalue weighted by molar-refractivity contribution is 5.77. The molecule has 0 bridgehead atoms. The number of hydrogen-bond donors (Lipinski definition) is 2. The van der Waals surface area contributed by atoms with Crippen molar-refractivity contribution in [3.63, 3.8) is 0 Å². The lowest BCUT2D eigenvalue weighted by molar-refractivity contribution is -0.142. The van der Waals surface area contributed by atoms with E-state index in [4.69, 9.17) is 19.3 Å². The van der Waals surface area contributed by atoms with Crippen LogP contribution in [-0.4, -0.2) is 50.0 Å². The molecule has 1 aromatic rings. The Morgan fingerprint density at radius 2 is 1.71 bits per heavy atom. The zero-order valence-electron chi connectivity index (χ0n) is 11.8. The molecule has 0 aromatic heterocycles. The molecule has 0 unspecified atom stereocenters. The van der Waals surface area contributed by atoms with E-state index in [2.05, 4.69) is 5.32 Å². The van der Waals surface area contributed by atoms with E-state index in [0.29, 0.717) is 12.4 Å². The topological polar surface area (TPSA) is 94.1 Å². The van der Waals surface area contributed by atoms with Crippen LogP contribution in [0.5, 0.6) is 11.5 Å². The molecule has 1 aromatic carbocycles. The number of benzene rings is 1.